The van der Waals surface area contributed by atoms with E-state index in [2.05, 4.69) is 0 Å². The highest BCUT2D eigenvalue weighted by Crippen LogP contribution is 2.45. The second-order valence-corrected chi connectivity index (χ2v) is 6.07. The number of carbonyl (C=O) groups is 1. The molecule has 0 saturated heterocycles. The summed E-state index contributed by atoms with van der Waals surface area (Å²) >= 11 is 1.54. The Morgan fingerprint density at radius 1 is 1.25 bits per heavy atom. The molecular weight excluding hydrogens is 328 g/mol. The molecule has 0 spiro atoms. The molecule has 3 rings (SSSR count). The molecule has 2 aromatic heterocycles. The van der Waals surface area contributed by atoms with Crippen LogP contribution in [0, 0.1) is 6.92 Å². The molecule has 0 aliphatic rings. The van der Waals surface area contributed by atoms with Gasteiger partial charge >= 0.3 is 0 Å². The number of carbonyl (C=O) groups excluding carboxylic acids is 1. The fourth-order valence-electron chi connectivity index (χ4n) is 2.55. The highest BCUT2D eigenvalue weighted by molar-refractivity contribution is 7.11. The molecule has 0 unspecified atom stereocenters. The minimum atomic E-state index is -0.376. The number of rotatable bonds is 5. The molecule has 0 bridgehead atoms. The topological polar surface area (TPSA) is 68.9 Å². The number of aromatic hydroxyl groups is 1. The molecule has 24 heavy (non-hydrogen) atoms. The molecule has 0 radical (unpaired) electrons. The van der Waals surface area contributed by atoms with Crippen LogP contribution in [-0.4, -0.2) is 25.1 Å². The maximum Gasteiger partial charge on any atom is 0.205 e. The van der Waals surface area contributed by atoms with Crippen LogP contribution in [-0.2, 0) is 0 Å². The van der Waals surface area contributed by atoms with Gasteiger partial charge in [0.05, 0.1) is 25.9 Å². The first-order valence-corrected chi connectivity index (χ1v) is 8.07. The van der Waals surface area contributed by atoms with Crippen LogP contribution in [0.2, 0.25) is 0 Å². The van der Waals surface area contributed by atoms with Crippen LogP contribution >= 0.6 is 11.3 Å². The van der Waals surface area contributed by atoms with Crippen LogP contribution in [0.4, 0.5) is 0 Å². The van der Waals surface area contributed by atoms with Gasteiger partial charge in [0.25, 0.3) is 0 Å². The van der Waals surface area contributed by atoms with E-state index in [1.165, 1.54) is 37.9 Å². The molecule has 5 nitrogen and oxygen atoms in total. The first-order valence-electron chi connectivity index (χ1n) is 7.19. The molecule has 0 atom stereocenters. The highest BCUT2D eigenvalue weighted by Gasteiger charge is 2.26. The van der Waals surface area contributed by atoms with Crippen LogP contribution in [0.15, 0.2) is 34.3 Å². The SMILES string of the molecule is COc1c(C(=O)C=Cc2sccc2C)c(O)c(OC)c2occc12. The molecule has 2 heterocycles. The Morgan fingerprint density at radius 2 is 2.00 bits per heavy atom. The molecule has 0 saturated carbocycles. The average molecular weight is 344 g/mol. The van der Waals surface area contributed by atoms with Crippen molar-refractivity contribution in [3.05, 3.63) is 45.9 Å². The molecule has 1 N–H and O–H groups in total. The van der Waals surface area contributed by atoms with E-state index in [9.17, 15) is 9.90 Å². The van der Waals surface area contributed by atoms with Gasteiger partial charge < -0.3 is 19.0 Å². The number of phenols is 1. The van der Waals surface area contributed by atoms with Crippen LogP contribution in [0.3, 0.4) is 0 Å². The summed E-state index contributed by atoms with van der Waals surface area (Å²) in [7, 11) is 2.85. The van der Waals surface area contributed by atoms with Crippen LogP contribution in [0.5, 0.6) is 17.2 Å². The number of hydrogen-bond donors (Lipinski definition) is 1. The maximum absolute atomic E-state index is 12.7. The van der Waals surface area contributed by atoms with Crippen molar-refractivity contribution in [3.8, 4) is 17.2 Å². The first kappa shape index (κ1) is 16.1. The molecule has 124 valence electrons. The smallest absolute Gasteiger partial charge is 0.205 e. The van der Waals surface area contributed by atoms with E-state index < -0.39 is 0 Å². The number of methoxy groups -OCH3 is 2. The average Bonchev–Trinajstić information content (AvgIpc) is 3.20. The predicted octanol–water partition coefficient (Wildman–Crippen LogP) is 4.42. The lowest BCUT2D eigenvalue weighted by Gasteiger charge is -2.12. The molecule has 6 heteroatoms. The van der Waals surface area contributed by atoms with Crippen molar-refractivity contribution in [1.82, 2.24) is 0 Å². The van der Waals surface area contributed by atoms with E-state index in [-0.39, 0.29) is 28.6 Å². The van der Waals surface area contributed by atoms with Crippen LogP contribution in [0.25, 0.3) is 17.0 Å². The van der Waals surface area contributed by atoms with Gasteiger partial charge in [0, 0.05) is 4.88 Å². The third-order valence-electron chi connectivity index (χ3n) is 3.74. The number of benzene rings is 1. The van der Waals surface area contributed by atoms with E-state index in [0.717, 1.165) is 10.4 Å². The summed E-state index contributed by atoms with van der Waals surface area (Å²) in [6.07, 6.45) is 4.60. The number of fused-ring (bicyclic) bond motifs is 1. The number of furan rings is 1. The van der Waals surface area contributed by atoms with E-state index >= 15 is 0 Å². The van der Waals surface area contributed by atoms with Crippen molar-refractivity contribution in [2.75, 3.05) is 14.2 Å². The van der Waals surface area contributed by atoms with Crippen LogP contribution in [0.1, 0.15) is 20.8 Å². The lowest BCUT2D eigenvalue weighted by atomic mass is 10.0. The molecule has 0 fully saturated rings. The number of aryl methyl sites for hydroxylation is 1. The number of ketones is 1. The van der Waals surface area contributed by atoms with E-state index in [1.54, 1.807) is 12.1 Å². The first-order chi connectivity index (χ1) is 11.6. The van der Waals surface area contributed by atoms with Crippen molar-refractivity contribution < 1.29 is 23.8 Å². The quantitative estimate of drug-likeness (QED) is 0.548. The largest absolute Gasteiger partial charge is 0.504 e. The summed E-state index contributed by atoms with van der Waals surface area (Å²) < 4.78 is 15.9. The Balaban J connectivity index is 2.14. The fourth-order valence-corrected chi connectivity index (χ4v) is 3.37. The Bertz CT molecular complexity index is 932. The lowest BCUT2D eigenvalue weighted by Crippen LogP contribution is -2.02. The van der Waals surface area contributed by atoms with Crippen molar-refractivity contribution in [3.63, 3.8) is 0 Å². The summed E-state index contributed by atoms with van der Waals surface area (Å²) in [5.41, 5.74) is 1.47. The molecule has 0 aliphatic heterocycles. The Morgan fingerprint density at radius 3 is 2.62 bits per heavy atom. The zero-order chi connectivity index (χ0) is 17.3. The van der Waals surface area contributed by atoms with Gasteiger partial charge in [0.15, 0.2) is 17.1 Å². The van der Waals surface area contributed by atoms with Gasteiger partial charge in [-0.15, -0.1) is 11.3 Å². The van der Waals surface area contributed by atoms with Gasteiger partial charge in [-0.25, -0.2) is 0 Å². The summed E-state index contributed by atoms with van der Waals surface area (Å²) in [5.74, 6) is -0.303. The minimum absolute atomic E-state index is 0.0497. The van der Waals surface area contributed by atoms with Gasteiger partial charge in [-0.05, 0) is 42.2 Å². The molecular formula is C18H16O5S. The fraction of sp³-hybridized carbons (Fsp3) is 0.167. The second-order valence-electron chi connectivity index (χ2n) is 5.12. The Kier molecular flexibility index (Phi) is 4.31. The van der Waals surface area contributed by atoms with Gasteiger partial charge in [0.1, 0.15) is 11.3 Å². The Hall–Kier alpha value is -2.73. The number of hydrogen-bond acceptors (Lipinski definition) is 6. The van der Waals surface area contributed by atoms with E-state index in [4.69, 9.17) is 13.9 Å². The monoisotopic (exact) mass is 344 g/mol. The summed E-state index contributed by atoms with van der Waals surface area (Å²) in [4.78, 5) is 13.7. The number of phenolic OH excluding ortho intramolecular Hbond substituents is 1. The third-order valence-corrected chi connectivity index (χ3v) is 4.72. The summed E-state index contributed by atoms with van der Waals surface area (Å²) in [6.45, 7) is 1.97. The molecule has 0 amide bonds. The number of thiophene rings is 1. The summed E-state index contributed by atoms with van der Waals surface area (Å²) in [5, 5.41) is 13.0. The number of allylic oxidation sites excluding steroid dienone is 1. The zero-order valence-electron chi connectivity index (χ0n) is 13.5. The van der Waals surface area contributed by atoms with E-state index in [1.807, 2.05) is 18.4 Å². The highest BCUT2D eigenvalue weighted by atomic mass is 32.1. The maximum atomic E-state index is 12.7. The molecule has 3 aromatic rings. The van der Waals surface area contributed by atoms with Crippen molar-refractivity contribution >= 4 is 34.2 Å². The van der Waals surface area contributed by atoms with Gasteiger partial charge in [0.2, 0.25) is 5.75 Å². The normalized spacial score (nSPS) is 11.3. The number of ether oxygens (including phenoxy) is 2. The van der Waals surface area contributed by atoms with Gasteiger partial charge in [-0.3, -0.25) is 4.79 Å². The van der Waals surface area contributed by atoms with Crippen molar-refractivity contribution in [2.24, 2.45) is 0 Å². The van der Waals surface area contributed by atoms with Crippen LogP contribution < -0.4 is 9.47 Å². The standard InChI is InChI=1S/C18H16O5S/c1-10-7-9-24-13(10)5-4-12(19)14-15(20)18(22-3)17-11(6-8-23-17)16(14)21-2/h4-9,20H,1-3H3. The van der Waals surface area contributed by atoms with Crippen molar-refractivity contribution in [2.45, 2.75) is 6.92 Å². The van der Waals surface area contributed by atoms with Crippen molar-refractivity contribution in [1.29, 1.82) is 0 Å². The third kappa shape index (κ3) is 2.55. The lowest BCUT2D eigenvalue weighted by molar-refractivity contribution is 0.104. The molecule has 1 aromatic carbocycles. The predicted molar refractivity (Wildman–Crippen MR) is 93.4 cm³/mol. The van der Waals surface area contributed by atoms with Gasteiger partial charge in [-0.1, -0.05) is 0 Å². The second kappa shape index (κ2) is 6.41. The van der Waals surface area contributed by atoms with E-state index in [0.29, 0.717) is 11.0 Å². The summed E-state index contributed by atoms with van der Waals surface area (Å²) in [6, 6.07) is 3.65. The zero-order valence-corrected chi connectivity index (χ0v) is 14.3. The molecule has 0 aliphatic carbocycles. The van der Waals surface area contributed by atoms with Gasteiger partial charge in [-0.2, -0.15) is 0 Å². The minimum Gasteiger partial charge on any atom is -0.504 e. The Labute approximate surface area is 142 Å².